The molecule has 2 aromatic rings. The number of carbonyl (C=O) groups is 1. The van der Waals surface area contributed by atoms with Gasteiger partial charge in [0, 0.05) is 12.4 Å². The minimum absolute atomic E-state index is 0.318. The molecule has 1 aromatic carbocycles. The van der Waals surface area contributed by atoms with Crippen LogP contribution in [0.3, 0.4) is 0 Å². The number of carboxylic acids is 1. The number of aliphatic carboxylic acids is 1. The maximum atomic E-state index is 11.3. The van der Waals surface area contributed by atoms with E-state index in [0.717, 1.165) is 29.3 Å². The number of benzene rings is 1. The van der Waals surface area contributed by atoms with E-state index in [2.05, 4.69) is 5.10 Å². The standard InChI is InChI=1S/C13H14N2O2/c1-15-11-6-9(4-5-10(11)7-14-15)12(13(16)17)8-2-3-8/h4-8,12H,2-3H2,1H3,(H,16,17). The molecular formula is C13H14N2O2. The van der Waals surface area contributed by atoms with E-state index in [-0.39, 0.29) is 5.92 Å². The van der Waals surface area contributed by atoms with Gasteiger partial charge in [-0.25, -0.2) is 0 Å². The Kier molecular flexibility index (Phi) is 2.18. The molecule has 1 atom stereocenters. The molecule has 3 rings (SSSR count). The smallest absolute Gasteiger partial charge is 0.311 e. The van der Waals surface area contributed by atoms with E-state index >= 15 is 0 Å². The lowest BCUT2D eigenvalue weighted by Crippen LogP contribution is -2.13. The fourth-order valence-corrected chi connectivity index (χ4v) is 2.40. The SMILES string of the molecule is Cn1ncc2ccc(C(C(=O)O)C3CC3)cc21. The summed E-state index contributed by atoms with van der Waals surface area (Å²) in [7, 11) is 1.87. The molecule has 0 radical (unpaired) electrons. The fourth-order valence-electron chi connectivity index (χ4n) is 2.40. The summed E-state index contributed by atoms with van der Waals surface area (Å²) in [5.41, 5.74) is 1.89. The topological polar surface area (TPSA) is 55.1 Å². The van der Waals surface area contributed by atoms with Crippen LogP contribution in [0.5, 0.6) is 0 Å². The quantitative estimate of drug-likeness (QED) is 0.879. The summed E-state index contributed by atoms with van der Waals surface area (Å²) in [5, 5.41) is 14.5. The molecule has 0 bridgehead atoms. The van der Waals surface area contributed by atoms with Crippen LogP contribution in [-0.4, -0.2) is 20.9 Å². The van der Waals surface area contributed by atoms with E-state index in [1.54, 1.807) is 10.9 Å². The number of carboxylic acid groups (broad SMARTS) is 1. The lowest BCUT2D eigenvalue weighted by molar-refractivity contribution is -0.139. The van der Waals surface area contributed by atoms with Crippen molar-refractivity contribution in [2.24, 2.45) is 13.0 Å². The van der Waals surface area contributed by atoms with Crippen LogP contribution in [0.15, 0.2) is 24.4 Å². The third kappa shape index (κ3) is 1.69. The largest absolute Gasteiger partial charge is 0.481 e. The Hall–Kier alpha value is -1.84. The van der Waals surface area contributed by atoms with Crippen molar-refractivity contribution in [3.05, 3.63) is 30.0 Å². The van der Waals surface area contributed by atoms with Crippen molar-refractivity contribution >= 4 is 16.9 Å². The molecular weight excluding hydrogens is 216 g/mol. The highest BCUT2D eigenvalue weighted by molar-refractivity contribution is 5.83. The molecule has 1 heterocycles. The van der Waals surface area contributed by atoms with Crippen LogP contribution in [0.4, 0.5) is 0 Å². The van der Waals surface area contributed by atoms with Crippen molar-refractivity contribution < 1.29 is 9.90 Å². The zero-order valence-corrected chi connectivity index (χ0v) is 9.63. The molecule has 0 aliphatic heterocycles. The predicted molar refractivity (Wildman–Crippen MR) is 63.8 cm³/mol. The summed E-state index contributed by atoms with van der Waals surface area (Å²) >= 11 is 0. The Balaban J connectivity index is 2.09. The third-order valence-electron chi connectivity index (χ3n) is 3.49. The molecule has 0 spiro atoms. The lowest BCUT2D eigenvalue weighted by atomic mass is 9.94. The molecule has 0 saturated heterocycles. The van der Waals surface area contributed by atoms with Gasteiger partial charge in [-0.3, -0.25) is 9.48 Å². The van der Waals surface area contributed by atoms with Gasteiger partial charge in [0.05, 0.1) is 17.6 Å². The molecule has 4 nitrogen and oxygen atoms in total. The highest BCUT2D eigenvalue weighted by atomic mass is 16.4. The van der Waals surface area contributed by atoms with Gasteiger partial charge in [0.2, 0.25) is 0 Å². The molecule has 1 N–H and O–H groups in total. The maximum absolute atomic E-state index is 11.3. The molecule has 0 amide bonds. The Bertz CT molecular complexity index is 584. The highest BCUT2D eigenvalue weighted by Crippen LogP contribution is 2.43. The number of hydrogen-bond donors (Lipinski definition) is 1. The number of fused-ring (bicyclic) bond motifs is 1. The predicted octanol–water partition coefficient (Wildman–Crippen LogP) is 2.15. The summed E-state index contributed by atoms with van der Waals surface area (Å²) in [6.07, 6.45) is 3.85. The minimum atomic E-state index is -0.714. The van der Waals surface area contributed by atoms with Gasteiger partial charge in [0.25, 0.3) is 0 Å². The Labute approximate surface area is 98.9 Å². The molecule has 1 aliphatic carbocycles. The normalized spacial score (nSPS) is 17.2. The number of rotatable bonds is 3. The Morgan fingerprint density at radius 2 is 2.29 bits per heavy atom. The van der Waals surface area contributed by atoms with Crippen molar-refractivity contribution in [1.29, 1.82) is 0 Å². The summed E-state index contributed by atoms with van der Waals surface area (Å²) in [5.74, 6) is -0.749. The maximum Gasteiger partial charge on any atom is 0.311 e. The average Bonchev–Trinajstić information content (AvgIpc) is 3.04. The first-order valence-electron chi connectivity index (χ1n) is 5.81. The molecule has 1 saturated carbocycles. The second kappa shape index (κ2) is 3.58. The van der Waals surface area contributed by atoms with Crippen LogP contribution >= 0.6 is 0 Å². The molecule has 4 heteroatoms. The second-order valence-corrected chi connectivity index (χ2v) is 4.74. The van der Waals surface area contributed by atoms with E-state index in [1.807, 2.05) is 25.2 Å². The molecule has 17 heavy (non-hydrogen) atoms. The van der Waals surface area contributed by atoms with Gasteiger partial charge >= 0.3 is 5.97 Å². The average molecular weight is 230 g/mol. The summed E-state index contributed by atoms with van der Waals surface area (Å²) in [6.45, 7) is 0. The van der Waals surface area contributed by atoms with Crippen LogP contribution < -0.4 is 0 Å². The first-order valence-corrected chi connectivity index (χ1v) is 5.81. The third-order valence-corrected chi connectivity index (χ3v) is 3.49. The van der Waals surface area contributed by atoms with Gasteiger partial charge in [0.1, 0.15) is 0 Å². The van der Waals surface area contributed by atoms with Gasteiger partial charge in [-0.2, -0.15) is 5.10 Å². The molecule has 1 aliphatic rings. The van der Waals surface area contributed by atoms with Crippen LogP contribution in [0.1, 0.15) is 24.3 Å². The monoisotopic (exact) mass is 230 g/mol. The number of hydrogen-bond acceptors (Lipinski definition) is 2. The fraction of sp³-hybridized carbons (Fsp3) is 0.385. The molecule has 1 fully saturated rings. The lowest BCUT2D eigenvalue weighted by Gasteiger charge is -2.11. The summed E-state index contributed by atoms with van der Waals surface area (Å²) in [6, 6.07) is 5.83. The van der Waals surface area contributed by atoms with Crippen molar-refractivity contribution in [3.8, 4) is 0 Å². The number of aromatic nitrogens is 2. The summed E-state index contributed by atoms with van der Waals surface area (Å²) in [4.78, 5) is 11.3. The Morgan fingerprint density at radius 1 is 1.53 bits per heavy atom. The molecule has 88 valence electrons. The second-order valence-electron chi connectivity index (χ2n) is 4.74. The van der Waals surface area contributed by atoms with Crippen LogP contribution in [0, 0.1) is 5.92 Å². The minimum Gasteiger partial charge on any atom is -0.481 e. The first kappa shape index (κ1) is 10.3. The number of aryl methyl sites for hydroxylation is 1. The van der Waals surface area contributed by atoms with Crippen molar-refractivity contribution in [2.75, 3.05) is 0 Å². The van der Waals surface area contributed by atoms with Crippen LogP contribution in [-0.2, 0) is 11.8 Å². The molecule has 1 aromatic heterocycles. The van der Waals surface area contributed by atoms with E-state index < -0.39 is 5.97 Å². The van der Waals surface area contributed by atoms with Gasteiger partial charge in [-0.1, -0.05) is 12.1 Å². The zero-order valence-electron chi connectivity index (χ0n) is 9.63. The van der Waals surface area contributed by atoms with E-state index in [0.29, 0.717) is 5.92 Å². The van der Waals surface area contributed by atoms with Crippen LogP contribution in [0.2, 0.25) is 0 Å². The van der Waals surface area contributed by atoms with Crippen molar-refractivity contribution in [2.45, 2.75) is 18.8 Å². The first-order chi connectivity index (χ1) is 8.16. The van der Waals surface area contributed by atoms with Gasteiger partial charge < -0.3 is 5.11 Å². The van der Waals surface area contributed by atoms with Crippen LogP contribution in [0.25, 0.3) is 10.9 Å². The highest BCUT2D eigenvalue weighted by Gasteiger charge is 2.37. The zero-order chi connectivity index (χ0) is 12.0. The van der Waals surface area contributed by atoms with E-state index in [1.165, 1.54) is 0 Å². The van der Waals surface area contributed by atoms with Gasteiger partial charge in [-0.15, -0.1) is 0 Å². The van der Waals surface area contributed by atoms with Crippen molar-refractivity contribution in [1.82, 2.24) is 9.78 Å². The van der Waals surface area contributed by atoms with E-state index in [9.17, 15) is 9.90 Å². The molecule has 1 unspecified atom stereocenters. The van der Waals surface area contributed by atoms with Crippen molar-refractivity contribution in [3.63, 3.8) is 0 Å². The summed E-state index contributed by atoms with van der Waals surface area (Å²) < 4.78 is 1.78. The van der Waals surface area contributed by atoms with Gasteiger partial charge in [0.15, 0.2) is 0 Å². The van der Waals surface area contributed by atoms with E-state index in [4.69, 9.17) is 0 Å². The van der Waals surface area contributed by atoms with Gasteiger partial charge in [-0.05, 0) is 30.4 Å². The Morgan fingerprint density at radius 3 is 2.94 bits per heavy atom. The number of nitrogens with zero attached hydrogens (tertiary/aromatic N) is 2.